The zero-order chi connectivity index (χ0) is 19.9. The fraction of sp³-hybridized carbons (Fsp3) is 0.476. The normalized spacial score (nSPS) is 21.6. The lowest BCUT2D eigenvalue weighted by molar-refractivity contribution is -0.156. The first-order valence-corrected chi connectivity index (χ1v) is 9.21. The highest BCUT2D eigenvalue weighted by Gasteiger charge is 2.39. The van der Waals surface area contributed by atoms with E-state index in [4.69, 9.17) is 4.74 Å². The molecule has 3 atom stereocenters. The Morgan fingerprint density at radius 3 is 2.63 bits per heavy atom. The molecule has 1 aliphatic rings. The molecule has 2 N–H and O–H groups in total. The van der Waals surface area contributed by atoms with Gasteiger partial charge in [-0.15, -0.1) is 0 Å². The quantitative estimate of drug-likeness (QED) is 0.792. The number of ether oxygens (including phenoxy) is 1. The number of esters is 1. The van der Waals surface area contributed by atoms with E-state index in [0.717, 1.165) is 22.0 Å². The molecule has 144 valence electrons. The number of urea groups is 1. The Labute approximate surface area is 159 Å². The van der Waals surface area contributed by atoms with E-state index in [0.29, 0.717) is 5.71 Å². The van der Waals surface area contributed by atoms with Crippen LogP contribution in [0, 0.1) is 18.3 Å². The summed E-state index contributed by atoms with van der Waals surface area (Å²) in [5.74, 6) is -1.02. The van der Waals surface area contributed by atoms with Crippen molar-refractivity contribution >= 4 is 28.6 Å². The minimum atomic E-state index is -0.650. The number of aryl methyl sites for hydroxylation is 1. The van der Waals surface area contributed by atoms with Gasteiger partial charge in [0.05, 0.1) is 6.04 Å². The van der Waals surface area contributed by atoms with Crippen LogP contribution < -0.4 is 5.32 Å². The monoisotopic (exact) mass is 369 g/mol. The molecule has 6 nitrogen and oxygen atoms in total. The predicted molar refractivity (Wildman–Crippen MR) is 106 cm³/mol. The average molecular weight is 369 g/mol. The van der Waals surface area contributed by atoms with E-state index in [2.05, 4.69) is 15.3 Å². The minimum absolute atomic E-state index is 0.172. The third-order valence-corrected chi connectivity index (χ3v) is 5.34. The molecule has 27 heavy (non-hydrogen) atoms. The first-order chi connectivity index (χ1) is 12.6. The summed E-state index contributed by atoms with van der Waals surface area (Å²) in [5.41, 5.74) is 3.27. The summed E-state index contributed by atoms with van der Waals surface area (Å²) < 4.78 is 5.74. The number of aromatic amines is 1. The van der Waals surface area contributed by atoms with Crippen LogP contribution in [0.4, 0.5) is 4.79 Å². The number of carbonyl (C=O) groups excluding carboxylic acids is 2. The van der Waals surface area contributed by atoms with Crippen LogP contribution in [0.5, 0.6) is 0 Å². The predicted octanol–water partition coefficient (Wildman–Crippen LogP) is 4.30. The molecule has 1 aromatic heterocycles. The molecule has 3 unspecified atom stereocenters. The van der Waals surface area contributed by atoms with Crippen molar-refractivity contribution in [2.45, 2.75) is 53.7 Å². The molecule has 0 aliphatic carbocycles. The molecule has 0 saturated carbocycles. The van der Waals surface area contributed by atoms with Gasteiger partial charge in [0.25, 0.3) is 0 Å². The van der Waals surface area contributed by atoms with E-state index >= 15 is 0 Å². The zero-order valence-corrected chi connectivity index (χ0v) is 16.7. The van der Waals surface area contributed by atoms with Crippen molar-refractivity contribution in [1.29, 1.82) is 0 Å². The average Bonchev–Trinajstić information content (AvgIpc) is 3.02. The molecule has 1 aliphatic heterocycles. The number of aliphatic imine (C=N–C) groups is 1. The van der Waals surface area contributed by atoms with Gasteiger partial charge in [-0.05, 0) is 54.8 Å². The lowest BCUT2D eigenvalue weighted by Gasteiger charge is -2.33. The molecule has 3 rings (SSSR count). The number of hydrogen-bond donors (Lipinski definition) is 2. The third kappa shape index (κ3) is 3.75. The van der Waals surface area contributed by atoms with Gasteiger partial charge in [0.2, 0.25) is 0 Å². The lowest BCUT2D eigenvalue weighted by atomic mass is 9.86. The van der Waals surface area contributed by atoms with Gasteiger partial charge in [-0.1, -0.05) is 26.8 Å². The van der Waals surface area contributed by atoms with Crippen LogP contribution in [0.25, 0.3) is 10.9 Å². The molecular weight excluding hydrogens is 342 g/mol. The van der Waals surface area contributed by atoms with Crippen LogP contribution in [0.1, 0.15) is 51.8 Å². The highest BCUT2D eigenvalue weighted by atomic mass is 16.5. The fourth-order valence-electron chi connectivity index (χ4n) is 3.29. The first kappa shape index (κ1) is 19.1. The van der Waals surface area contributed by atoms with E-state index in [1.807, 2.05) is 59.0 Å². The Morgan fingerprint density at radius 2 is 1.96 bits per heavy atom. The van der Waals surface area contributed by atoms with Crippen molar-refractivity contribution in [2.75, 3.05) is 0 Å². The topological polar surface area (TPSA) is 83.5 Å². The second kappa shape index (κ2) is 6.83. The SMILES string of the molecule is CC1=NC(=O)NC(c2cc(C)c3[nH]ccc3c2)C1C(=O)OC(C)C(C)(C)C. The summed E-state index contributed by atoms with van der Waals surface area (Å²) in [6.07, 6.45) is 1.62. The largest absolute Gasteiger partial charge is 0.462 e. The number of fused-ring (bicyclic) bond motifs is 1. The van der Waals surface area contributed by atoms with Crippen LogP contribution in [0.15, 0.2) is 29.4 Å². The summed E-state index contributed by atoms with van der Waals surface area (Å²) in [6, 6.07) is 5.03. The summed E-state index contributed by atoms with van der Waals surface area (Å²) in [7, 11) is 0. The van der Waals surface area contributed by atoms with E-state index in [-0.39, 0.29) is 17.5 Å². The van der Waals surface area contributed by atoms with Crippen molar-refractivity contribution in [1.82, 2.24) is 10.3 Å². The van der Waals surface area contributed by atoms with E-state index < -0.39 is 18.0 Å². The van der Waals surface area contributed by atoms with Crippen molar-refractivity contribution in [3.63, 3.8) is 0 Å². The van der Waals surface area contributed by atoms with Crippen LogP contribution in [0.3, 0.4) is 0 Å². The highest BCUT2D eigenvalue weighted by molar-refractivity contribution is 6.08. The van der Waals surface area contributed by atoms with Gasteiger partial charge in [-0.2, -0.15) is 0 Å². The van der Waals surface area contributed by atoms with Gasteiger partial charge >= 0.3 is 12.0 Å². The number of aromatic nitrogens is 1. The zero-order valence-electron chi connectivity index (χ0n) is 16.7. The van der Waals surface area contributed by atoms with Crippen molar-refractivity contribution in [2.24, 2.45) is 16.3 Å². The maximum Gasteiger partial charge on any atom is 0.341 e. The maximum absolute atomic E-state index is 13.0. The molecule has 0 radical (unpaired) electrons. The van der Waals surface area contributed by atoms with Crippen molar-refractivity contribution in [3.05, 3.63) is 35.5 Å². The summed E-state index contributed by atoms with van der Waals surface area (Å²) in [6.45, 7) is 11.7. The van der Waals surface area contributed by atoms with E-state index in [1.165, 1.54) is 0 Å². The van der Waals surface area contributed by atoms with E-state index in [1.54, 1.807) is 6.92 Å². The standard InChI is InChI=1S/C21H27N3O3/c1-11-9-15(10-14-7-8-22-17(11)14)18-16(12(2)23-20(26)24-18)19(25)27-13(3)21(4,5)6/h7-10,13,16,18,22H,1-6H3,(H,24,26). The Balaban J connectivity index is 1.99. The molecule has 0 saturated heterocycles. The number of hydrogen-bond acceptors (Lipinski definition) is 3. The fourth-order valence-corrected chi connectivity index (χ4v) is 3.29. The summed E-state index contributed by atoms with van der Waals surface area (Å²) in [4.78, 5) is 32.2. The van der Waals surface area contributed by atoms with Gasteiger partial charge in [0.15, 0.2) is 0 Å². The second-order valence-corrected chi connectivity index (χ2v) is 8.38. The van der Waals surface area contributed by atoms with E-state index in [9.17, 15) is 9.59 Å². The molecule has 0 fully saturated rings. The van der Waals surface area contributed by atoms with Crippen molar-refractivity contribution in [3.8, 4) is 0 Å². The van der Waals surface area contributed by atoms with Gasteiger partial charge < -0.3 is 15.0 Å². The maximum atomic E-state index is 13.0. The van der Waals surface area contributed by atoms with Gasteiger partial charge in [0.1, 0.15) is 12.0 Å². The van der Waals surface area contributed by atoms with Crippen molar-refractivity contribution < 1.29 is 14.3 Å². The van der Waals surface area contributed by atoms with Gasteiger partial charge in [-0.3, -0.25) is 4.79 Å². The minimum Gasteiger partial charge on any atom is -0.462 e. The van der Waals surface area contributed by atoms with Gasteiger partial charge in [0, 0.05) is 17.4 Å². The molecule has 2 aromatic rings. The number of nitrogens with one attached hydrogen (secondary N) is 2. The van der Waals surface area contributed by atoms with Crippen LogP contribution in [-0.2, 0) is 9.53 Å². The Bertz CT molecular complexity index is 920. The molecule has 1 aromatic carbocycles. The number of carbonyl (C=O) groups is 2. The Kier molecular flexibility index (Phi) is 4.84. The Hall–Kier alpha value is -2.63. The van der Waals surface area contributed by atoms with Crippen LogP contribution >= 0.6 is 0 Å². The lowest BCUT2D eigenvalue weighted by Crippen LogP contribution is -2.45. The first-order valence-electron chi connectivity index (χ1n) is 9.21. The smallest absolute Gasteiger partial charge is 0.341 e. The Morgan fingerprint density at radius 1 is 1.26 bits per heavy atom. The molecular formula is C21H27N3O3. The molecule has 0 bridgehead atoms. The molecule has 0 spiro atoms. The van der Waals surface area contributed by atoms with Gasteiger partial charge in [-0.25, -0.2) is 9.79 Å². The number of H-pyrrole nitrogens is 1. The second-order valence-electron chi connectivity index (χ2n) is 8.38. The van der Waals surface area contributed by atoms with Crippen LogP contribution in [-0.4, -0.2) is 28.8 Å². The number of amides is 2. The number of nitrogens with zero attached hydrogens (tertiary/aromatic N) is 1. The highest BCUT2D eigenvalue weighted by Crippen LogP contribution is 2.32. The van der Waals surface area contributed by atoms with Crippen LogP contribution in [0.2, 0.25) is 0 Å². The number of rotatable bonds is 3. The summed E-state index contributed by atoms with van der Waals surface area (Å²) in [5, 5.41) is 3.89. The summed E-state index contributed by atoms with van der Waals surface area (Å²) >= 11 is 0. The molecule has 2 heterocycles. The number of benzene rings is 1. The molecule has 6 heteroatoms. The third-order valence-electron chi connectivity index (χ3n) is 5.34. The molecule has 2 amide bonds.